The van der Waals surface area contributed by atoms with Crippen molar-refractivity contribution in [2.75, 3.05) is 0 Å². The van der Waals surface area contributed by atoms with E-state index in [0.29, 0.717) is 5.41 Å². The van der Waals surface area contributed by atoms with Gasteiger partial charge in [-0.3, -0.25) is 0 Å². The van der Waals surface area contributed by atoms with Crippen LogP contribution in [0.5, 0.6) is 0 Å². The van der Waals surface area contributed by atoms with Crippen LogP contribution in [0.25, 0.3) is 0 Å². The van der Waals surface area contributed by atoms with E-state index < -0.39 is 0 Å². The van der Waals surface area contributed by atoms with Gasteiger partial charge in [0.2, 0.25) is 0 Å². The van der Waals surface area contributed by atoms with Crippen molar-refractivity contribution < 1.29 is 0 Å². The van der Waals surface area contributed by atoms with E-state index in [-0.39, 0.29) is 0 Å². The highest BCUT2D eigenvalue weighted by Gasteiger charge is 2.40. The van der Waals surface area contributed by atoms with E-state index in [9.17, 15) is 0 Å². The number of allylic oxidation sites excluding steroid dienone is 2. The first-order valence-corrected chi connectivity index (χ1v) is 5.24. The summed E-state index contributed by atoms with van der Waals surface area (Å²) in [6, 6.07) is 0. The van der Waals surface area contributed by atoms with Gasteiger partial charge in [0, 0.05) is 0 Å². The zero-order valence-electron chi connectivity index (χ0n) is 8.51. The van der Waals surface area contributed by atoms with Crippen LogP contribution < -0.4 is 0 Å². The molecule has 1 saturated carbocycles. The summed E-state index contributed by atoms with van der Waals surface area (Å²) in [5.74, 6) is 2.87. The molecule has 2 bridgehead atoms. The van der Waals surface area contributed by atoms with Crippen molar-refractivity contribution in [3.63, 3.8) is 0 Å². The van der Waals surface area contributed by atoms with E-state index in [1.54, 1.807) is 0 Å². The molecule has 0 aromatic heterocycles. The molecule has 2 rings (SSSR count). The maximum absolute atomic E-state index is 2.47. The van der Waals surface area contributed by atoms with Crippen molar-refractivity contribution in [1.82, 2.24) is 0 Å². The predicted octanol–water partition coefficient (Wildman–Crippen LogP) is 3.63. The molecule has 0 aromatic carbocycles. The van der Waals surface area contributed by atoms with Gasteiger partial charge in [0.05, 0.1) is 0 Å². The van der Waals surface area contributed by atoms with Crippen LogP contribution in [0.2, 0.25) is 0 Å². The third-order valence-corrected chi connectivity index (χ3v) is 3.67. The number of rotatable bonds is 0. The molecule has 0 nitrogen and oxygen atoms in total. The minimum absolute atomic E-state index is 0.522. The minimum atomic E-state index is 0.522. The Morgan fingerprint density at radius 1 is 1.17 bits per heavy atom. The molecule has 0 spiro atoms. The highest BCUT2D eigenvalue weighted by atomic mass is 14.4. The highest BCUT2D eigenvalue weighted by molar-refractivity contribution is 5.06. The highest BCUT2D eigenvalue weighted by Crippen LogP contribution is 2.49. The van der Waals surface area contributed by atoms with Crippen LogP contribution in [0.3, 0.4) is 0 Å². The Kier molecular flexibility index (Phi) is 1.82. The fourth-order valence-corrected chi connectivity index (χ4v) is 3.03. The second kappa shape index (κ2) is 2.61. The van der Waals surface area contributed by atoms with E-state index in [2.05, 4.69) is 32.9 Å². The quantitative estimate of drug-likeness (QED) is 0.479. The molecular formula is C12H20. The number of hydrogen-bond donors (Lipinski definition) is 0. The monoisotopic (exact) mass is 164 g/mol. The van der Waals surface area contributed by atoms with Gasteiger partial charge >= 0.3 is 0 Å². The summed E-state index contributed by atoms with van der Waals surface area (Å²) < 4.78 is 0. The van der Waals surface area contributed by atoms with Gasteiger partial charge in [0.15, 0.2) is 0 Å². The first kappa shape index (κ1) is 8.34. The molecule has 0 saturated heterocycles. The lowest BCUT2D eigenvalue weighted by molar-refractivity contribution is 0.209. The summed E-state index contributed by atoms with van der Waals surface area (Å²) >= 11 is 0. The van der Waals surface area contributed by atoms with Crippen LogP contribution >= 0.6 is 0 Å². The van der Waals surface area contributed by atoms with Crippen LogP contribution in [-0.4, -0.2) is 0 Å². The summed E-state index contributed by atoms with van der Waals surface area (Å²) in [4.78, 5) is 0. The molecule has 2 aliphatic carbocycles. The summed E-state index contributed by atoms with van der Waals surface area (Å²) in [6.07, 6.45) is 9.17. The minimum Gasteiger partial charge on any atom is -0.0880 e. The average molecular weight is 164 g/mol. The Hall–Kier alpha value is -0.260. The average Bonchev–Trinajstić information content (AvgIpc) is 2.25. The van der Waals surface area contributed by atoms with Gasteiger partial charge in [-0.15, -0.1) is 0 Å². The normalized spacial score (nSPS) is 40.4. The zero-order chi connectivity index (χ0) is 8.77. The van der Waals surface area contributed by atoms with E-state index in [0.717, 1.165) is 17.8 Å². The molecular weight excluding hydrogens is 144 g/mol. The fourth-order valence-electron chi connectivity index (χ4n) is 3.03. The van der Waals surface area contributed by atoms with Crippen LogP contribution in [0.1, 0.15) is 40.0 Å². The predicted molar refractivity (Wildman–Crippen MR) is 52.9 cm³/mol. The Bertz CT molecular complexity index is 195. The third kappa shape index (κ3) is 1.32. The lowest BCUT2D eigenvalue weighted by Crippen LogP contribution is -2.22. The molecule has 3 unspecified atom stereocenters. The summed E-state index contributed by atoms with van der Waals surface area (Å²) in [6.45, 7) is 7.19. The molecule has 0 heterocycles. The molecule has 0 aliphatic heterocycles. The Morgan fingerprint density at radius 2 is 1.92 bits per heavy atom. The number of fused-ring (bicyclic) bond motifs is 2. The van der Waals surface area contributed by atoms with Crippen molar-refractivity contribution in [3.8, 4) is 0 Å². The van der Waals surface area contributed by atoms with Gasteiger partial charge < -0.3 is 0 Å². The van der Waals surface area contributed by atoms with Crippen LogP contribution in [0.4, 0.5) is 0 Å². The van der Waals surface area contributed by atoms with Gasteiger partial charge in [-0.2, -0.15) is 0 Å². The van der Waals surface area contributed by atoms with Crippen LogP contribution in [-0.2, 0) is 0 Å². The molecule has 0 N–H and O–H groups in total. The molecule has 0 heteroatoms. The van der Waals surface area contributed by atoms with Crippen molar-refractivity contribution in [2.24, 2.45) is 23.2 Å². The fraction of sp³-hybridized carbons (Fsp3) is 0.833. The van der Waals surface area contributed by atoms with Crippen molar-refractivity contribution >= 4 is 0 Å². The van der Waals surface area contributed by atoms with Gasteiger partial charge in [0.25, 0.3) is 0 Å². The molecule has 1 fully saturated rings. The molecule has 12 heavy (non-hydrogen) atoms. The Labute approximate surface area is 76.1 Å². The van der Waals surface area contributed by atoms with Gasteiger partial charge in [-0.05, 0) is 42.4 Å². The summed E-state index contributed by atoms with van der Waals surface area (Å²) in [5.41, 5.74) is 0.522. The van der Waals surface area contributed by atoms with Gasteiger partial charge in [-0.25, -0.2) is 0 Å². The number of hydrogen-bond acceptors (Lipinski definition) is 0. The van der Waals surface area contributed by atoms with E-state index in [1.807, 2.05) is 0 Å². The van der Waals surface area contributed by atoms with E-state index >= 15 is 0 Å². The summed E-state index contributed by atoms with van der Waals surface area (Å²) in [5, 5.41) is 0. The second-order valence-electron chi connectivity index (χ2n) is 5.64. The van der Waals surface area contributed by atoms with Crippen molar-refractivity contribution in [2.45, 2.75) is 40.0 Å². The molecule has 0 aromatic rings. The van der Waals surface area contributed by atoms with Gasteiger partial charge in [0.1, 0.15) is 0 Å². The van der Waals surface area contributed by atoms with E-state index in [1.165, 1.54) is 19.3 Å². The third-order valence-electron chi connectivity index (χ3n) is 3.67. The lowest BCUT2D eigenvalue weighted by atomic mass is 9.75. The second-order valence-corrected chi connectivity index (χ2v) is 5.64. The molecule has 0 amide bonds. The Morgan fingerprint density at radius 3 is 2.50 bits per heavy atom. The summed E-state index contributed by atoms with van der Waals surface area (Å²) in [7, 11) is 0. The maximum atomic E-state index is 2.47. The molecule has 3 atom stereocenters. The van der Waals surface area contributed by atoms with Crippen molar-refractivity contribution in [3.05, 3.63) is 12.2 Å². The smallest absolute Gasteiger partial charge is 0.0197 e. The molecule has 0 radical (unpaired) electrons. The van der Waals surface area contributed by atoms with Crippen molar-refractivity contribution in [1.29, 1.82) is 0 Å². The largest absolute Gasteiger partial charge is 0.0880 e. The topological polar surface area (TPSA) is 0 Å². The zero-order valence-corrected chi connectivity index (χ0v) is 8.51. The first-order valence-electron chi connectivity index (χ1n) is 5.24. The van der Waals surface area contributed by atoms with E-state index in [4.69, 9.17) is 0 Å². The molecule has 68 valence electrons. The Balaban J connectivity index is 2.16. The van der Waals surface area contributed by atoms with Gasteiger partial charge in [-0.1, -0.05) is 32.9 Å². The first-order chi connectivity index (χ1) is 5.57. The van der Waals surface area contributed by atoms with Crippen LogP contribution in [0, 0.1) is 23.2 Å². The SMILES string of the molecule is CC(C)(C)C1CC2CC=CC1C2. The standard InChI is InChI=1S/C12H20/c1-12(2,3)11-8-9-5-4-6-10(11)7-9/h4,6,9-11H,5,7-8H2,1-3H3. The lowest BCUT2D eigenvalue weighted by Gasteiger charge is -2.30. The maximum Gasteiger partial charge on any atom is -0.0197 e. The van der Waals surface area contributed by atoms with Crippen LogP contribution in [0.15, 0.2) is 12.2 Å². The molecule has 2 aliphatic rings.